The van der Waals surface area contributed by atoms with Crippen molar-refractivity contribution in [1.82, 2.24) is 10.6 Å². The van der Waals surface area contributed by atoms with Crippen LogP contribution in [-0.4, -0.2) is 30.2 Å². The van der Waals surface area contributed by atoms with Gasteiger partial charge < -0.3 is 15.7 Å². The summed E-state index contributed by atoms with van der Waals surface area (Å²) in [4.78, 5) is 13.1. The van der Waals surface area contributed by atoms with Crippen LogP contribution in [0.4, 0.5) is 0 Å². The molecule has 4 rings (SSSR count). The minimum absolute atomic E-state index is 0.0784. The van der Waals surface area contributed by atoms with Gasteiger partial charge in [0.2, 0.25) is 5.91 Å². The average Bonchev–Trinajstić information content (AvgIpc) is 2.99. The third kappa shape index (κ3) is 2.86. The highest BCUT2D eigenvalue weighted by atomic mass is 16.3. The maximum absolute atomic E-state index is 13.1. The van der Waals surface area contributed by atoms with Gasteiger partial charge in [0.05, 0.1) is 11.6 Å². The third-order valence-electron chi connectivity index (χ3n) is 6.52. The summed E-state index contributed by atoms with van der Waals surface area (Å²) in [5, 5.41) is 17.0. The van der Waals surface area contributed by atoms with Crippen LogP contribution in [0, 0.1) is 17.8 Å². The molecule has 1 aromatic carbocycles. The fraction of sp³-hybridized carbons (Fsp3) is 0.650. The highest BCUT2D eigenvalue weighted by Gasteiger charge is 2.46. The summed E-state index contributed by atoms with van der Waals surface area (Å²) in [6.07, 6.45) is 5.60. The van der Waals surface area contributed by atoms with Crippen LogP contribution in [0.25, 0.3) is 0 Å². The van der Waals surface area contributed by atoms with Gasteiger partial charge in [0.25, 0.3) is 0 Å². The Morgan fingerprint density at radius 3 is 2.71 bits per heavy atom. The molecule has 24 heavy (non-hydrogen) atoms. The lowest BCUT2D eigenvalue weighted by atomic mass is 9.81. The van der Waals surface area contributed by atoms with E-state index < -0.39 is 0 Å². The van der Waals surface area contributed by atoms with Crippen LogP contribution in [0.1, 0.15) is 44.1 Å². The number of aliphatic hydroxyl groups is 1. The Morgan fingerprint density at radius 1 is 1.17 bits per heavy atom. The number of hydrogen-bond donors (Lipinski definition) is 3. The van der Waals surface area contributed by atoms with Crippen LogP contribution in [0.5, 0.6) is 0 Å². The summed E-state index contributed by atoms with van der Waals surface area (Å²) in [5.41, 5.74) is 0.915. The summed E-state index contributed by atoms with van der Waals surface area (Å²) >= 11 is 0. The predicted molar refractivity (Wildman–Crippen MR) is 93.3 cm³/mol. The first-order chi connectivity index (χ1) is 11.7. The number of hydrogen-bond acceptors (Lipinski definition) is 3. The molecule has 2 saturated carbocycles. The number of piperidine rings is 1. The van der Waals surface area contributed by atoms with Crippen molar-refractivity contribution in [3.8, 4) is 0 Å². The van der Waals surface area contributed by atoms with Gasteiger partial charge in [-0.05, 0) is 62.5 Å². The molecule has 4 nitrogen and oxygen atoms in total. The predicted octanol–water partition coefficient (Wildman–Crippen LogP) is 2.18. The Hall–Kier alpha value is -1.39. The van der Waals surface area contributed by atoms with Crippen LogP contribution >= 0.6 is 0 Å². The van der Waals surface area contributed by atoms with Crippen molar-refractivity contribution in [2.24, 2.45) is 17.8 Å². The number of carbonyl (C=O) groups excluding carboxylic acids is 1. The quantitative estimate of drug-likeness (QED) is 0.797. The summed E-state index contributed by atoms with van der Waals surface area (Å²) in [5.74, 6) is 1.07. The lowest BCUT2D eigenvalue weighted by Crippen LogP contribution is -2.56. The molecular formula is C20H28N2O2. The monoisotopic (exact) mass is 328 g/mol. The van der Waals surface area contributed by atoms with Gasteiger partial charge in [-0.15, -0.1) is 0 Å². The number of amides is 1. The minimum atomic E-state index is -0.286. The van der Waals surface area contributed by atoms with E-state index in [1.54, 1.807) is 0 Å². The van der Waals surface area contributed by atoms with Gasteiger partial charge in [-0.1, -0.05) is 30.3 Å². The Kier molecular flexibility index (Phi) is 4.35. The third-order valence-corrected chi connectivity index (χ3v) is 6.52. The zero-order valence-corrected chi connectivity index (χ0v) is 14.2. The van der Waals surface area contributed by atoms with E-state index in [-0.39, 0.29) is 23.5 Å². The van der Waals surface area contributed by atoms with Crippen molar-refractivity contribution in [2.75, 3.05) is 13.1 Å². The van der Waals surface area contributed by atoms with Crippen LogP contribution < -0.4 is 10.6 Å². The highest BCUT2D eigenvalue weighted by Crippen LogP contribution is 2.46. The molecular weight excluding hydrogens is 300 g/mol. The zero-order valence-electron chi connectivity index (χ0n) is 14.2. The summed E-state index contributed by atoms with van der Waals surface area (Å²) in [7, 11) is 0. The maximum Gasteiger partial charge on any atom is 0.224 e. The number of nitrogens with one attached hydrogen (secondary N) is 2. The number of rotatable bonds is 3. The Balaban J connectivity index is 1.54. The molecule has 1 aliphatic heterocycles. The van der Waals surface area contributed by atoms with E-state index in [0.717, 1.165) is 51.6 Å². The van der Waals surface area contributed by atoms with Crippen molar-refractivity contribution < 1.29 is 9.90 Å². The second-order valence-corrected chi connectivity index (χ2v) is 7.96. The summed E-state index contributed by atoms with van der Waals surface area (Å²) in [6.45, 7) is 1.82. The molecule has 0 spiro atoms. The lowest BCUT2D eigenvalue weighted by Gasteiger charge is -2.40. The first-order valence-corrected chi connectivity index (χ1v) is 9.44. The molecule has 2 bridgehead atoms. The van der Waals surface area contributed by atoms with Gasteiger partial charge in [-0.2, -0.15) is 0 Å². The Labute approximate surface area is 144 Å². The van der Waals surface area contributed by atoms with Crippen LogP contribution in [-0.2, 0) is 10.3 Å². The van der Waals surface area contributed by atoms with E-state index >= 15 is 0 Å². The van der Waals surface area contributed by atoms with Crippen molar-refractivity contribution in [3.63, 3.8) is 0 Å². The molecule has 4 unspecified atom stereocenters. The van der Waals surface area contributed by atoms with Crippen molar-refractivity contribution in [2.45, 2.75) is 50.2 Å². The first-order valence-electron chi connectivity index (χ1n) is 9.44. The molecule has 1 heterocycles. The van der Waals surface area contributed by atoms with Gasteiger partial charge in [-0.3, -0.25) is 4.79 Å². The van der Waals surface area contributed by atoms with Crippen LogP contribution in [0.2, 0.25) is 0 Å². The molecule has 3 aliphatic rings. The molecule has 0 aromatic heterocycles. The largest absolute Gasteiger partial charge is 0.393 e. The van der Waals surface area contributed by atoms with E-state index in [0.29, 0.717) is 11.8 Å². The molecule has 1 saturated heterocycles. The fourth-order valence-electron chi connectivity index (χ4n) is 5.16. The Bertz CT molecular complexity index is 583. The molecule has 4 heteroatoms. The molecule has 2 aliphatic carbocycles. The molecule has 3 fully saturated rings. The first kappa shape index (κ1) is 16.1. The average molecular weight is 328 g/mol. The minimum Gasteiger partial charge on any atom is -0.393 e. The normalized spacial score (nSPS) is 38.7. The van der Waals surface area contributed by atoms with Crippen LogP contribution in [0.15, 0.2) is 30.3 Å². The highest BCUT2D eigenvalue weighted by molar-refractivity contribution is 5.80. The fourth-order valence-corrected chi connectivity index (χ4v) is 5.16. The molecule has 130 valence electrons. The van der Waals surface area contributed by atoms with Crippen molar-refractivity contribution in [3.05, 3.63) is 35.9 Å². The van der Waals surface area contributed by atoms with Gasteiger partial charge in [0.15, 0.2) is 0 Å². The van der Waals surface area contributed by atoms with Crippen molar-refractivity contribution in [1.29, 1.82) is 0 Å². The molecule has 3 N–H and O–H groups in total. The zero-order chi connectivity index (χ0) is 16.6. The Morgan fingerprint density at radius 2 is 2.00 bits per heavy atom. The second kappa shape index (κ2) is 6.49. The smallest absolute Gasteiger partial charge is 0.224 e. The topological polar surface area (TPSA) is 61.4 Å². The van der Waals surface area contributed by atoms with E-state index in [2.05, 4.69) is 34.9 Å². The summed E-state index contributed by atoms with van der Waals surface area (Å²) in [6, 6.07) is 10.4. The summed E-state index contributed by atoms with van der Waals surface area (Å²) < 4.78 is 0. The van der Waals surface area contributed by atoms with E-state index in [9.17, 15) is 9.90 Å². The van der Waals surface area contributed by atoms with Crippen LogP contribution in [0.3, 0.4) is 0 Å². The van der Waals surface area contributed by atoms with E-state index in [1.807, 2.05) is 6.07 Å². The standard InChI is InChI=1S/C20H28N2O2/c23-18-8-7-14-11-15(18)12-17(14)19(24)22-20(9-4-10-21-13-20)16-5-2-1-3-6-16/h1-3,5-6,14-15,17-18,21,23H,4,7-13H2,(H,22,24)/t14?,15?,17?,18?,20-/m1/s1. The molecule has 5 atom stereocenters. The van der Waals surface area contributed by atoms with E-state index in [4.69, 9.17) is 0 Å². The second-order valence-electron chi connectivity index (χ2n) is 7.96. The number of aliphatic hydroxyl groups excluding tert-OH is 1. The van der Waals surface area contributed by atoms with Crippen molar-refractivity contribution >= 4 is 5.91 Å². The van der Waals surface area contributed by atoms with Gasteiger partial charge >= 0.3 is 0 Å². The molecule has 1 amide bonds. The van der Waals surface area contributed by atoms with E-state index in [1.165, 1.54) is 5.56 Å². The maximum atomic E-state index is 13.1. The van der Waals surface area contributed by atoms with Gasteiger partial charge in [-0.25, -0.2) is 0 Å². The molecule has 1 aromatic rings. The van der Waals surface area contributed by atoms with Gasteiger partial charge in [0, 0.05) is 12.5 Å². The number of carbonyl (C=O) groups is 1. The van der Waals surface area contributed by atoms with Gasteiger partial charge in [0.1, 0.15) is 0 Å². The number of fused-ring (bicyclic) bond motifs is 2. The number of benzene rings is 1. The molecule has 0 radical (unpaired) electrons. The SMILES string of the molecule is O=C(N[C@]1(c2ccccc2)CCCNC1)C1CC2CC1CCC2O. The lowest BCUT2D eigenvalue weighted by molar-refractivity contribution is -0.128.